The number of ether oxygens (including phenoxy) is 2. The predicted molar refractivity (Wildman–Crippen MR) is 76.1 cm³/mol. The van der Waals surface area contributed by atoms with E-state index < -0.39 is 6.29 Å². The van der Waals surface area contributed by atoms with Gasteiger partial charge in [0, 0.05) is 11.8 Å². The van der Waals surface area contributed by atoms with E-state index in [0.717, 1.165) is 0 Å². The van der Waals surface area contributed by atoms with Gasteiger partial charge in [-0.2, -0.15) is 0 Å². The summed E-state index contributed by atoms with van der Waals surface area (Å²) in [5.41, 5.74) is 7.16. The first-order chi connectivity index (χ1) is 9.93. The van der Waals surface area contributed by atoms with E-state index in [1.54, 1.807) is 18.2 Å². The third-order valence-corrected chi connectivity index (χ3v) is 2.92. The van der Waals surface area contributed by atoms with Crippen molar-refractivity contribution in [2.24, 2.45) is 5.73 Å². The summed E-state index contributed by atoms with van der Waals surface area (Å²) in [6, 6.07) is 7.78. The number of anilines is 2. The highest BCUT2D eigenvalue weighted by molar-refractivity contribution is 7.80. The van der Waals surface area contributed by atoms with Gasteiger partial charge in [-0.05, 0) is 24.3 Å². The van der Waals surface area contributed by atoms with Crippen molar-refractivity contribution in [3.63, 3.8) is 0 Å². The Bertz CT molecular complexity index is 707. The highest BCUT2D eigenvalue weighted by Crippen LogP contribution is 2.42. The van der Waals surface area contributed by atoms with Crippen LogP contribution in [0.4, 0.5) is 20.2 Å². The van der Waals surface area contributed by atoms with Crippen molar-refractivity contribution in [1.82, 2.24) is 4.98 Å². The number of hydrogen-bond donors (Lipinski definition) is 2. The number of aromatic nitrogens is 1. The molecule has 8 heteroatoms. The van der Waals surface area contributed by atoms with Crippen LogP contribution in [0.1, 0.15) is 5.69 Å². The van der Waals surface area contributed by atoms with Crippen LogP contribution < -0.4 is 20.5 Å². The molecule has 1 aliphatic rings. The highest BCUT2D eigenvalue weighted by atomic mass is 32.1. The number of nitrogens with zero attached hydrogens (tertiary/aromatic N) is 1. The van der Waals surface area contributed by atoms with Gasteiger partial charge in [0.05, 0.1) is 17.6 Å². The van der Waals surface area contributed by atoms with Crippen LogP contribution in [0.5, 0.6) is 11.5 Å². The molecule has 3 rings (SSSR count). The summed E-state index contributed by atoms with van der Waals surface area (Å²) in [5, 5.41) is 3.00. The molecule has 108 valence electrons. The summed E-state index contributed by atoms with van der Waals surface area (Å²) >= 11 is 4.80. The molecule has 0 saturated heterocycles. The Hall–Kier alpha value is -2.48. The molecule has 21 heavy (non-hydrogen) atoms. The van der Waals surface area contributed by atoms with Crippen molar-refractivity contribution in [3.05, 3.63) is 42.2 Å². The van der Waals surface area contributed by atoms with Gasteiger partial charge in [0.25, 0.3) is 0 Å². The minimum absolute atomic E-state index is 0.00694. The number of rotatable bonds is 3. The summed E-state index contributed by atoms with van der Waals surface area (Å²) in [5.74, 6) is -0.0368. The molecule has 0 spiro atoms. The van der Waals surface area contributed by atoms with E-state index in [1.165, 1.54) is 18.3 Å². The molecule has 2 heterocycles. The molecule has 0 amide bonds. The van der Waals surface area contributed by atoms with Crippen LogP contribution in [0.15, 0.2) is 36.5 Å². The standard InChI is InChI=1S/C13H9F2N3O2S/c14-13(15)19-10-4-2-7(5-11(10)20-13)18-8-1-3-9(12(16)21)17-6-8/h1-6,18H,(H2,16,21). The van der Waals surface area contributed by atoms with Gasteiger partial charge in [-0.15, -0.1) is 8.78 Å². The summed E-state index contributed by atoms with van der Waals surface area (Å²) < 4.78 is 34.5. The fourth-order valence-electron chi connectivity index (χ4n) is 1.81. The quantitative estimate of drug-likeness (QED) is 0.850. The Morgan fingerprint density at radius 1 is 1.14 bits per heavy atom. The van der Waals surface area contributed by atoms with Crippen molar-refractivity contribution in [1.29, 1.82) is 0 Å². The van der Waals surface area contributed by atoms with Gasteiger partial charge in [-0.3, -0.25) is 4.98 Å². The number of nitrogens with two attached hydrogens (primary N) is 1. The molecule has 0 saturated carbocycles. The van der Waals surface area contributed by atoms with E-state index in [9.17, 15) is 8.78 Å². The number of pyridine rings is 1. The summed E-state index contributed by atoms with van der Waals surface area (Å²) in [7, 11) is 0. The normalized spacial score (nSPS) is 14.8. The lowest BCUT2D eigenvalue weighted by molar-refractivity contribution is -0.286. The Morgan fingerprint density at radius 3 is 2.52 bits per heavy atom. The van der Waals surface area contributed by atoms with E-state index in [1.807, 2.05) is 0 Å². The largest absolute Gasteiger partial charge is 0.586 e. The zero-order valence-electron chi connectivity index (χ0n) is 10.5. The van der Waals surface area contributed by atoms with Crippen molar-refractivity contribution >= 4 is 28.6 Å². The van der Waals surface area contributed by atoms with Crippen LogP contribution in [-0.2, 0) is 0 Å². The zero-order valence-corrected chi connectivity index (χ0v) is 11.3. The molecule has 0 bridgehead atoms. The first-order valence-corrected chi connectivity index (χ1v) is 6.26. The Morgan fingerprint density at radius 2 is 1.86 bits per heavy atom. The molecule has 0 atom stereocenters. The molecule has 1 aliphatic heterocycles. The number of benzene rings is 1. The van der Waals surface area contributed by atoms with Gasteiger partial charge in [0.1, 0.15) is 4.99 Å². The monoisotopic (exact) mass is 309 g/mol. The molecule has 2 aromatic rings. The molecule has 5 nitrogen and oxygen atoms in total. The minimum Gasteiger partial charge on any atom is -0.395 e. The number of thiocarbonyl (C=S) groups is 1. The number of alkyl halides is 2. The summed E-state index contributed by atoms with van der Waals surface area (Å²) in [6.45, 7) is 0. The molecule has 1 aromatic carbocycles. The minimum atomic E-state index is -3.62. The fraction of sp³-hybridized carbons (Fsp3) is 0.0769. The molecule has 3 N–H and O–H groups in total. The smallest absolute Gasteiger partial charge is 0.395 e. The number of nitrogens with one attached hydrogen (secondary N) is 1. The molecule has 0 unspecified atom stereocenters. The maximum Gasteiger partial charge on any atom is 0.586 e. The number of hydrogen-bond acceptors (Lipinski definition) is 5. The number of fused-ring (bicyclic) bond motifs is 1. The van der Waals surface area contributed by atoms with E-state index in [0.29, 0.717) is 17.1 Å². The van der Waals surface area contributed by atoms with E-state index in [2.05, 4.69) is 19.8 Å². The second-order valence-electron chi connectivity index (χ2n) is 4.25. The second-order valence-corrected chi connectivity index (χ2v) is 4.69. The van der Waals surface area contributed by atoms with Gasteiger partial charge >= 0.3 is 6.29 Å². The van der Waals surface area contributed by atoms with Gasteiger partial charge in [0.2, 0.25) is 0 Å². The number of halogens is 2. The van der Waals surface area contributed by atoms with Crippen LogP contribution in [0, 0.1) is 0 Å². The average Bonchev–Trinajstić information content (AvgIpc) is 2.72. The van der Waals surface area contributed by atoms with Crippen molar-refractivity contribution < 1.29 is 18.3 Å². The van der Waals surface area contributed by atoms with E-state index in [4.69, 9.17) is 18.0 Å². The van der Waals surface area contributed by atoms with Crippen molar-refractivity contribution in [3.8, 4) is 11.5 Å². The third-order valence-electron chi connectivity index (χ3n) is 2.71. The predicted octanol–water partition coefficient (Wildman–Crippen LogP) is 2.78. The first-order valence-electron chi connectivity index (χ1n) is 5.86. The van der Waals surface area contributed by atoms with Crippen LogP contribution in [-0.4, -0.2) is 16.3 Å². The van der Waals surface area contributed by atoms with Crippen LogP contribution in [0.2, 0.25) is 0 Å². The van der Waals surface area contributed by atoms with Gasteiger partial charge in [-0.25, -0.2) is 0 Å². The van der Waals surface area contributed by atoms with Gasteiger partial charge in [0.15, 0.2) is 11.5 Å². The molecular weight excluding hydrogens is 300 g/mol. The Labute approximate surface area is 123 Å². The van der Waals surface area contributed by atoms with Crippen LogP contribution >= 0.6 is 12.2 Å². The Balaban J connectivity index is 1.79. The van der Waals surface area contributed by atoms with Gasteiger partial charge in [-0.1, -0.05) is 12.2 Å². The van der Waals surface area contributed by atoms with Gasteiger partial charge < -0.3 is 20.5 Å². The lowest BCUT2D eigenvalue weighted by Crippen LogP contribution is -2.25. The summed E-state index contributed by atoms with van der Waals surface area (Å²) in [4.78, 5) is 4.27. The molecule has 0 fully saturated rings. The topological polar surface area (TPSA) is 69.4 Å². The second kappa shape index (κ2) is 4.81. The lowest BCUT2D eigenvalue weighted by Gasteiger charge is -2.07. The Kier molecular flexibility index (Phi) is 3.09. The highest BCUT2D eigenvalue weighted by Gasteiger charge is 2.43. The zero-order chi connectivity index (χ0) is 15.0. The SMILES string of the molecule is NC(=S)c1ccc(Nc2ccc3c(c2)OC(F)(F)O3)cn1. The third kappa shape index (κ3) is 2.84. The van der Waals surface area contributed by atoms with Crippen LogP contribution in [0.25, 0.3) is 0 Å². The molecule has 1 aromatic heterocycles. The average molecular weight is 309 g/mol. The first kappa shape index (κ1) is 13.5. The summed E-state index contributed by atoms with van der Waals surface area (Å²) in [6.07, 6.45) is -2.09. The van der Waals surface area contributed by atoms with Crippen molar-refractivity contribution in [2.45, 2.75) is 6.29 Å². The molecule has 0 aliphatic carbocycles. The lowest BCUT2D eigenvalue weighted by atomic mass is 10.2. The maximum atomic E-state index is 12.9. The maximum absolute atomic E-state index is 12.9. The van der Waals surface area contributed by atoms with Crippen LogP contribution in [0.3, 0.4) is 0 Å². The fourth-order valence-corrected chi connectivity index (χ4v) is 1.93. The van der Waals surface area contributed by atoms with E-state index in [-0.39, 0.29) is 16.5 Å². The molecule has 0 radical (unpaired) electrons. The van der Waals surface area contributed by atoms with Crippen molar-refractivity contribution in [2.75, 3.05) is 5.32 Å². The van der Waals surface area contributed by atoms with E-state index >= 15 is 0 Å². The molecular formula is C13H9F2N3O2S.